The second-order valence-electron chi connectivity index (χ2n) is 6.62. The van der Waals surface area contributed by atoms with Crippen molar-refractivity contribution < 1.29 is 0 Å². The van der Waals surface area contributed by atoms with Crippen molar-refractivity contribution in [2.75, 3.05) is 6.54 Å². The lowest BCUT2D eigenvalue weighted by Gasteiger charge is -2.13. The van der Waals surface area contributed by atoms with Gasteiger partial charge in [0, 0.05) is 18.8 Å². The Morgan fingerprint density at radius 2 is 1.61 bits per heavy atom. The lowest BCUT2D eigenvalue weighted by atomic mass is 10.1. The molecular formula is C21H24N2. The highest BCUT2D eigenvalue weighted by Gasteiger charge is 2.21. The lowest BCUT2D eigenvalue weighted by molar-refractivity contribution is 0.541. The van der Waals surface area contributed by atoms with E-state index in [9.17, 15) is 0 Å². The highest BCUT2D eigenvalue weighted by Crippen LogP contribution is 2.33. The van der Waals surface area contributed by atoms with Gasteiger partial charge in [0.25, 0.3) is 0 Å². The van der Waals surface area contributed by atoms with Gasteiger partial charge in [0.05, 0.1) is 6.04 Å². The van der Waals surface area contributed by atoms with Crippen LogP contribution in [0.4, 0.5) is 0 Å². The second kappa shape index (κ2) is 6.67. The maximum atomic E-state index is 4.81. The topological polar surface area (TPSA) is 24.4 Å². The van der Waals surface area contributed by atoms with Crippen LogP contribution >= 0.6 is 0 Å². The molecule has 118 valence electrons. The Morgan fingerprint density at radius 1 is 0.913 bits per heavy atom. The van der Waals surface area contributed by atoms with Gasteiger partial charge in [0.15, 0.2) is 0 Å². The Labute approximate surface area is 138 Å². The van der Waals surface area contributed by atoms with Crippen molar-refractivity contribution in [1.29, 1.82) is 0 Å². The molecule has 2 nitrogen and oxygen atoms in total. The summed E-state index contributed by atoms with van der Waals surface area (Å²) in [7, 11) is 0. The highest BCUT2D eigenvalue weighted by molar-refractivity contribution is 5.58. The van der Waals surface area contributed by atoms with Gasteiger partial charge >= 0.3 is 0 Å². The van der Waals surface area contributed by atoms with E-state index in [1.165, 1.54) is 47.9 Å². The molecule has 0 unspecified atom stereocenters. The zero-order valence-corrected chi connectivity index (χ0v) is 13.5. The maximum absolute atomic E-state index is 4.81. The van der Waals surface area contributed by atoms with Crippen molar-refractivity contribution in [3.8, 4) is 0 Å². The third-order valence-electron chi connectivity index (χ3n) is 5.18. The molecule has 2 aromatic carbocycles. The number of rotatable bonds is 5. The first-order chi connectivity index (χ1) is 11.4. The maximum Gasteiger partial charge on any atom is 0.0750 e. The number of benzene rings is 2. The lowest BCUT2D eigenvalue weighted by Crippen LogP contribution is -2.20. The highest BCUT2D eigenvalue weighted by atomic mass is 14.9. The van der Waals surface area contributed by atoms with Gasteiger partial charge in [0.1, 0.15) is 0 Å². The first kappa shape index (κ1) is 14.6. The largest absolute Gasteiger partial charge is 0.310 e. The van der Waals surface area contributed by atoms with Crippen molar-refractivity contribution >= 4 is 6.21 Å². The predicted octanol–water partition coefficient (Wildman–Crippen LogP) is 4.41. The molecule has 0 fully saturated rings. The monoisotopic (exact) mass is 304 g/mol. The van der Waals surface area contributed by atoms with Crippen LogP contribution in [0.25, 0.3) is 0 Å². The molecule has 4 rings (SSSR count). The normalized spacial score (nSPS) is 22.4. The smallest absolute Gasteiger partial charge is 0.0750 e. The Hall–Kier alpha value is -1.93. The number of fused-ring (bicyclic) bond motifs is 2. The molecule has 0 bridgehead atoms. The van der Waals surface area contributed by atoms with Gasteiger partial charge < -0.3 is 5.32 Å². The molecule has 0 amide bonds. The van der Waals surface area contributed by atoms with Crippen molar-refractivity contribution in [1.82, 2.24) is 5.32 Å². The number of hydrogen-bond donors (Lipinski definition) is 1. The van der Waals surface area contributed by atoms with Gasteiger partial charge in [-0.15, -0.1) is 0 Å². The molecule has 2 atom stereocenters. The van der Waals surface area contributed by atoms with Gasteiger partial charge in [-0.3, -0.25) is 4.99 Å². The van der Waals surface area contributed by atoms with Crippen LogP contribution in [0.2, 0.25) is 0 Å². The number of hydrogen-bond acceptors (Lipinski definition) is 2. The van der Waals surface area contributed by atoms with Crippen molar-refractivity contribution in [2.24, 2.45) is 4.99 Å². The quantitative estimate of drug-likeness (QED) is 0.642. The first-order valence-corrected chi connectivity index (χ1v) is 8.82. The molecule has 0 aliphatic heterocycles. The van der Waals surface area contributed by atoms with Gasteiger partial charge in [0.2, 0.25) is 0 Å². The third kappa shape index (κ3) is 3.09. The Bertz CT molecular complexity index is 704. The van der Waals surface area contributed by atoms with E-state index >= 15 is 0 Å². The number of aliphatic imine (C=N–C) groups is 1. The van der Waals surface area contributed by atoms with Gasteiger partial charge in [-0.2, -0.15) is 0 Å². The SMILES string of the molecule is C(CCN[C@@H]1CCc2ccccc21)=N[C@@H]1CCc2ccccc21. The summed E-state index contributed by atoms with van der Waals surface area (Å²) in [4.78, 5) is 4.81. The van der Waals surface area contributed by atoms with Crippen molar-refractivity contribution in [2.45, 2.75) is 44.2 Å². The fraction of sp³-hybridized carbons (Fsp3) is 0.381. The predicted molar refractivity (Wildman–Crippen MR) is 96.1 cm³/mol. The summed E-state index contributed by atoms with van der Waals surface area (Å²) in [6.07, 6.45) is 7.92. The number of aryl methyl sites for hydroxylation is 2. The summed E-state index contributed by atoms with van der Waals surface area (Å²) in [6.45, 7) is 1.01. The van der Waals surface area contributed by atoms with Gasteiger partial charge in [-0.25, -0.2) is 0 Å². The third-order valence-corrected chi connectivity index (χ3v) is 5.18. The molecule has 1 N–H and O–H groups in total. The minimum absolute atomic E-state index is 0.387. The Kier molecular flexibility index (Phi) is 4.25. The molecular weight excluding hydrogens is 280 g/mol. The molecule has 0 saturated heterocycles. The molecule has 0 heterocycles. The summed E-state index contributed by atoms with van der Waals surface area (Å²) in [5.74, 6) is 0. The van der Waals surface area contributed by atoms with E-state index in [-0.39, 0.29) is 0 Å². The van der Waals surface area contributed by atoms with Crippen molar-refractivity contribution in [3.63, 3.8) is 0 Å². The van der Waals surface area contributed by atoms with Gasteiger partial charge in [-0.05, 0) is 54.4 Å². The molecule has 0 aromatic heterocycles. The number of nitrogens with one attached hydrogen (secondary N) is 1. The average molecular weight is 304 g/mol. The fourth-order valence-corrected chi connectivity index (χ4v) is 3.98. The summed E-state index contributed by atoms with van der Waals surface area (Å²) in [5.41, 5.74) is 5.92. The molecule has 2 aliphatic carbocycles. The van der Waals surface area contributed by atoms with Gasteiger partial charge in [-0.1, -0.05) is 48.5 Å². The molecule has 0 saturated carbocycles. The minimum Gasteiger partial charge on any atom is -0.310 e. The fourth-order valence-electron chi connectivity index (χ4n) is 3.98. The molecule has 2 aromatic rings. The van der Waals surface area contributed by atoms with Crippen LogP contribution in [0.3, 0.4) is 0 Å². The van der Waals surface area contributed by atoms with Crippen LogP contribution in [-0.2, 0) is 12.8 Å². The molecule has 0 radical (unpaired) electrons. The van der Waals surface area contributed by atoms with E-state index in [0.717, 1.165) is 13.0 Å². The van der Waals surface area contributed by atoms with Crippen LogP contribution in [0.5, 0.6) is 0 Å². The first-order valence-electron chi connectivity index (χ1n) is 8.82. The zero-order chi connectivity index (χ0) is 15.5. The molecule has 2 aliphatic rings. The van der Waals surface area contributed by atoms with E-state index in [2.05, 4.69) is 60.1 Å². The van der Waals surface area contributed by atoms with E-state index in [4.69, 9.17) is 4.99 Å². The van der Waals surface area contributed by atoms with E-state index in [1.54, 1.807) is 0 Å². The summed E-state index contributed by atoms with van der Waals surface area (Å²) in [6, 6.07) is 18.5. The average Bonchev–Trinajstić information content (AvgIpc) is 3.19. The van der Waals surface area contributed by atoms with E-state index < -0.39 is 0 Å². The van der Waals surface area contributed by atoms with E-state index in [1.807, 2.05) is 0 Å². The summed E-state index contributed by atoms with van der Waals surface area (Å²) >= 11 is 0. The second-order valence-corrected chi connectivity index (χ2v) is 6.62. The van der Waals surface area contributed by atoms with Crippen LogP contribution in [-0.4, -0.2) is 12.8 Å². The minimum atomic E-state index is 0.387. The zero-order valence-electron chi connectivity index (χ0n) is 13.5. The van der Waals surface area contributed by atoms with E-state index in [0.29, 0.717) is 12.1 Å². The van der Waals surface area contributed by atoms with Crippen molar-refractivity contribution in [3.05, 3.63) is 70.8 Å². The van der Waals surface area contributed by atoms with Crippen LogP contribution < -0.4 is 5.32 Å². The molecule has 2 heteroatoms. The summed E-state index contributed by atoms with van der Waals surface area (Å²) < 4.78 is 0. The number of nitrogens with zero attached hydrogens (tertiary/aromatic N) is 1. The summed E-state index contributed by atoms with van der Waals surface area (Å²) in [5, 5.41) is 3.69. The van der Waals surface area contributed by atoms with Crippen LogP contribution in [0.15, 0.2) is 53.5 Å². The van der Waals surface area contributed by atoms with Crippen LogP contribution in [0.1, 0.15) is 53.6 Å². The van der Waals surface area contributed by atoms with Crippen LogP contribution in [0, 0.1) is 0 Å². The Morgan fingerprint density at radius 3 is 2.48 bits per heavy atom. The molecule has 23 heavy (non-hydrogen) atoms. The Balaban J connectivity index is 1.27. The molecule has 0 spiro atoms. The standard InChI is InChI=1S/C21H24N2/c1-3-8-18-16(6-1)10-12-20(18)22-14-5-15-23-21-13-11-17-7-2-4-9-19(17)21/h1-4,6-9,14,20-21,23H,5,10-13,15H2/t20-,21-/m1/s1.